The number of hydrogen-bond donors (Lipinski definition) is 2. The number of thiazole rings is 1. The predicted octanol–water partition coefficient (Wildman–Crippen LogP) is 3.86. The lowest BCUT2D eigenvalue weighted by molar-refractivity contribution is -0.133. The van der Waals surface area contributed by atoms with E-state index in [2.05, 4.69) is 21.3 Å². The fraction of sp³-hybridized carbons (Fsp3) is 0.357. The summed E-state index contributed by atoms with van der Waals surface area (Å²) in [5.41, 5.74) is 5.15. The SMILES string of the molecule is N#Cc1ccc(-c2ccc(OCCCN3CCCN(C(=O)[C@@H](Cc4cscn4)NC(=O)O)CC3)cc2)cc1. The van der Waals surface area contributed by atoms with Crippen LogP contribution in [0.5, 0.6) is 5.75 Å². The third kappa shape index (κ3) is 7.78. The number of carbonyl (C=O) groups excluding carboxylic acids is 1. The van der Waals surface area contributed by atoms with Gasteiger partial charge in [0, 0.05) is 38.0 Å². The fourth-order valence-corrected chi connectivity index (χ4v) is 5.06. The maximum absolute atomic E-state index is 13.1. The topological polar surface area (TPSA) is 119 Å². The van der Waals surface area contributed by atoms with Crippen molar-refractivity contribution in [2.45, 2.75) is 25.3 Å². The second-order valence-electron chi connectivity index (χ2n) is 9.12. The van der Waals surface area contributed by atoms with Crippen LogP contribution < -0.4 is 10.1 Å². The van der Waals surface area contributed by atoms with Crippen LogP contribution >= 0.6 is 11.3 Å². The summed E-state index contributed by atoms with van der Waals surface area (Å²) >= 11 is 1.42. The number of aromatic nitrogens is 1. The first-order valence-electron chi connectivity index (χ1n) is 12.6. The van der Waals surface area contributed by atoms with Gasteiger partial charge >= 0.3 is 6.09 Å². The van der Waals surface area contributed by atoms with Crippen LogP contribution in [0.15, 0.2) is 59.4 Å². The Morgan fingerprint density at radius 3 is 2.47 bits per heavy atom. The number of carboxylic acid groups (broad SMARTS) is 1. The van der Waals surface area contributed by atoms with Crippen molar-refractivity contribution >= 4 is 23.3 Å². The van der Waals surface area contributed by atoms with Crippen molar-refractivity contribution < 1.29 is 19.4 Å². The molecule has 0 spiro atoms. The number of ether oxygens (including phenoxy) is 1. The smallest absolute Gasteiger partial charge is 0.405 e. The molecule has 1 fully saturated rings. The number of hydrogen-bond acceptors (Lipinski definition) is 7. The van der Waals surface area contributed by atoms with Gasteiger partial charge in [0.05, 0.1) is 29.4 Å². The molecule has 1 atom stereocenters. The van der Waals surface area contributed by atoms with Gasteiger partial charge in [0.2, 0.25) is 5.91 Å². The Hall–Kier alpha value is -3.94. The van der Waals surface area contributed by atoms with E-state index in [4.69, 9.17) is 10.00 Å². The molecule has 2 amide bonds. The van der Waals surface area contributed by atoms with E-state index < -0.39 is 12.1 Å². The maximum Gasteiger partial charge on any atom is 0.405 e. The lowest BCUT2D eigenvalue weighted by atomic mass is 10.0. The largest absolute Gasteiger partial charge is 0.494 e. The van der Waals surface area contributed by atoms with E-state index in [-0.39, 0.29) is 12.3 Å². The minimum absolute atomic E-state index is 0.199. The van der Waals surface area contributed by atoms with Gasteiger partial charge in [-0.3, -0.25) is 4.79 Å². The average Bonchev–Trinajstić information content (AvgIpc) is 3.33. The summed E-state index contributed by atoms with van der Waals surface area (Å²) in [6, 6.07) is 16.7. The van der Waals surface area contributed by atoms with Gasteiger partial charge in [-0.1, -0.05) is 24.3 Å². The summed E-state index contributed by atoms with van der Waals surface area (Å²) < 4.78 is 5.93. The van der Waals surface area contributed by atoms with Crippen LogP contribution in [0.1, 0.15) is 24.1 Å². The van der Waals surface area contributed by atoms with Crippen LogP contribution in [-0.4, -0.2) is 77.3 Å². The molecule has 4 rings (SSSR count). The molecular weight excluding hydrogens is 502 g/mol. The standard InChI is InChI=1S/C28H31N5O4S/c29-18-21-3-5-22(6-4-21)23-7-9-25(10-8-23)37-16-2-12-32-11-1-13-33(15-14-32)27(34)26(31-28(35)36)17-24-19-38-20-30-24/h3-10,19-20,26,31H,1-2,11-17H2,(H,35,36)/t26-/m1/s1. The van der Waals surface area contributed by atoms with Gasteiger partial charge < -0.3 is 25.0 Å². The third-order valence-electron chi connectivity index (χ3n) is 6.48. The highest BCUT2D eigenvalue weighted by atomic mass is 32.1. The molecular formula is C28H31N5O4S. The second kappa shape index (κ2) is 13.6. The number of nitriles is 1. The lowest BCUT2D eigenvalue weighted by Gasteiger charge is -2.26. The lowest BCUT2D eigenvalue weighted by Crippen LogP contribution is -2.50. The minimum atomic E-state index is -1.21. The van der Waals surface area contributed by atoms with E-state index in [1.807, 2.05) is 53.9 Å². The van der Waals surface area contributed by atoms with E-state index in [1.54, 1.807) is 10.4 Å². The third-order valence-corrected chi connectivity index (χ3v) is 7.12. The summed E-state index contributed by atoms with van der Waals surface area (Å²) in [5.74, 6) is 0.613. The van der Waals surface area contributed by atoms with Crippen LogP contribution in [0.4, 0.5) is 4.79 Å². The van der Waals surface area contributed by atoms with Crippen LogP contribution in [0.3, 0.4) is 0 Å². The molecule has 1 aliphatic rings. The number of rotatable bonds is 10. The van der Waals surface area contributed by atoms with E-state index in [1.165, 1.54) is 11.3 Å². The molecule has 9 nitrogen and oxygen atoms in total. The zero-order valence-corrected chi connectivity index (χ0v) is 21.9. The first kappa shape index (κ1) is 27.1. The van der Waals surface area contributed by atoms with Crippen molar-refractivity contribution in [1.82, 2.24) is 20.1 Å². The molecule has 10 heteroatoms. The number of benzene rings is 2. The first-order chi connectivity index (χ1) is 18.5. The van der Waals surface area contributed by atoms with Crippen LogP contribution in [0.2, 0.25) is 0 Å². The molecule has 0 aliphatic carbocycles. The van der Waals surface area contributed by atoms with Crippen LogP contribution in [-0.2, 0) is 11.2 Å². The molecule has 0 bridgehead atoms. The maximum atomic E-state index is 13.1. The predicted molar refractivity (Wildman–Crippen MR) is 145 cm³/mol. The van der Waals surface area contributed by atoms with Crippen molar-refractivity contribution in [1.29, 1.82) is 5.26 Å². The highest BCUT2D eigenvalue weighted by Gasteiger charge is 2.28. The molecule has 38 heavy (non-hydrogen) atoms. The molecule has 1 aliphatic heterocycles. The number of nitrogens with one attached hydrogen (secondary N) is 1. The summed E-state index contributed by atoms with van der Waals surface area (Å²) in [7, 11) is 0. The van der Waals surface area contributed by atoms with Crippen molar-refractivity contribution in [2.24, 2.45) is 0 Å². The Morgan fingerprint density at radius 2 is 1.82 bits per heavy atom. The highest BCUT2D eigenvalue weighted by Crippen LogP contribution is 2.23. The summed E-state index contributed by atoms with van der Waals surface area (Å²) in [6.07, 6.45) is 0.734. The van der Waals surface area contributed by atoms with Gasteiger partial charge in [0.25, 0.3) is 0 Å². The molecule has 2 heterocycles. The van der Waals surface area contributed by atoms with Gasteiger partial charge in [-0.25, -0.2) is 9.78 Å². The molecule has 198 valence electrons. The monoisotopic (exact) mass is 533 g/mol. The fourth-order valence-electron chi connectivity index (χ4n) is 4.49. The zero-order chi connectivity index (χ0) is 26.7. The summed E-state index contributed by atoms with van der Waals surface area (Å²) in [4.78, 5) is 32.7. The van der Waals surface area contributed by atoms with E-state index in [0.29, 0.717) is 31.0 Å². The quantitative estimate of drug-likeness (QED) is 0.380. The highest BCUT2D eigenvalue weighted by molar-refractivity contribution is 7.07. The van der Waals surface area contributed by atoms with Crippen LogP contribution in [0.25, 0.3) is 11.1 Å². The van der Waals surface area contributed by atoms with Crippen LogP contribution in [0, 0.1) is 11.3 Å². The average molecular weight is 534 g/mol. The first-order valence-corrected chi connectivity index (χ1v) is 13.6. The molecule has 1 saturated heterocycles. The molecule has 0 saturated carbocycles. The van der Waals surface area contributed by atoms with Gasteiger partial charge in [-0.15, -0.1) is 11.3 Å². The Bertz CT molecular complexity index is 1230. The van der Waals surface area contributed by atoms with Crippen molar-refractivity contribution in [2.75, 3.05) is 39.3 Å². The summed E-state index contributed by atoms with van der Waals surface area (Å²) in [5, 5.41) is 22.4. The second-order valence-corrected chi connectivity index (χ2v) is 9.84. The summed E-state index contributed by atoms with van der Waals surface area (Å²) in [6.45, 7) is 4.24. The Labute approximate surface area is 226 Å². The molecule has 0 unspecified atom stereocenters. The van der Waals surface area contributed by atoms with E-state index in [0.717, 1.165) is 49.4 Å². The van der Waals surface area contributed by atoms with Gasteiger partial charge in [-0.2, -0.15) is 5.26 Å². The zero-order valence-electron chi connectivity index (χ0n) is 21.1. The van der Waals surface area contributed by atoms with Gasteiger partial charge in [0.15, 0.2) is 0 Å². The molecule has 0 radical (unpaired) electrons. The van der Waals surface area contributed by atoms with Gasteiger partial charge in [-0.05, 0) is 54.8 Å². The Morgan fingerprint density at radius 1 is 1.08 bits per heavy atom. The molecule has 3 aromatic rings. The Kier molecular flexibility index (Phi) is 9.67. The normalized spacial score (nSPS) is 14.8. The van der Waals surface area contributed by atoms with Crippen molar-refractivity contribution in [3.8, 4) is 22.9 Å². The van der Waals surface area contributed by atoms with E-state index in [9.17, 15) is 14.7 Å². The van der Waals surface area contributed by atoms with Gasteiger partial charge in [0.1, 0.15) is 11.8 Å². The van der Waals surface area contributed by atoms with E-state index >= 15 is 0 Å². The number of carbonyl (C=O) groups is 2. The minimum Gasteiger partial charge on any atom is -0.494 e. The number of nitrogens with zero attached hydrogens (tertiary/aromatic N) is 4. The molecule has 2 N–H and O–H groups in total. The number of amides is 2. The van der Waals surface area contributed by atoms with Crippen molar-refractivity contribution in [3.05, 3.63) is 70.7 Å². The molecule has 1 aromatic heterocycles. The van der Waals surface area contributed by atoms with Crippen molar-refractivity contribution in [3.63, 3.8) is 0 Å². The molecule has 2 aromatic carbocycles. The Balaban J connectivity index is 1.20.